The number of benzene rings is 2. The number of methoxy groups -OCH3 is 1. The van der Waals surface area contributed by atoms with Crippen LogP contribution in [0.4, 0.5) is 5.69 Å². The smallest absolute Gasteiger partial charge is 0.293 e. The van der Waals surface area contributed by atoms with Crippen LogP contribution in [0.5, 0.6) is 11.5 Å². The number of ether oxygens (including phenoxy) is 2. The van der Waals surface area contributed by atoms with Gasteiger partial charge in [0.25, 0.3) is 5.91 Å². The number of halogens is 1. The molecule has 1 heterocycles. The summed E-state index contributed by atoms with van der Waals surface area (Å²) in [5.74, 6) is 0.968. The van der Waals surface area contributed by atoms with Crippen molar-refractivity contribution < 1.29 is 23.8 Å². The van der Waals surface area contributed by atoms with Crippen LogP contribution in [0, 0.1) is 0 Å². The summed E-state index contributed by atoms with van der Waals surface area (Å²) in [6, 6.07) is 12.0. The van der Waals surface area contributed by atoms with Gasteiger partial charge in [-0.1, -0.05) is 18.5 Å². The van der Waals surface area contributed by atoms with Crippen LogP contribution < -0.4 is 14.8 Å². The van der Waals surface area contributed by atoms with E-state index in [1.54, 1.807) is 56.3 Å². The van der Waals surface area contributed by atoms with Gasteiger partial charge in [0, 0.05) is 22.3 Å². The first-order valence-electron chi connectivity index (χ1n) is 9.80. The Kier molecular flexibility index (Phi) is 6.87. The first-order valence-corrected chi connectivity index (χ1v) is 10.2. The number of nitrogens with one attached hydrogen (secondary N) is 1. The number of carbonyl (C=O) groups excluding carboxylic acids is 1. The molecule has 1 aromatic heterocycles. The van der Waals surface area contributed by atoms with E-state index >= 15 is 0 Å². The minimum atomic E-state index is -0.984. The standard InChI is InChI=1S/C23H25ClN2O5/c1-5-17-20(31-22(26-17)14-6-8-15(24)9-7-14)21(27)25-16-10-11-18(19(12-16)29-4)30-13-23(2,3)28/h6-12,28H,5,13H2,1-4H3,(H,25,27). The molecule has 0 unspecified atom stereocenters. The van der Waals surface area contributed by atoms with E-state index in [0.717, 1.165) is 5.56 Å². The Labute approximate surface area is 186 Å². The molecule has 0 atom stereocenters. The number of nitrogens with zero attached hydrogens (tertiary/aromatic N) is 1. The molecule has 0 aliphatic carbocycles. The minimum Gasteiger partial charge on any atom is -0.493 e. The third-order valence-corrected chi connectivity index (χ3v) is 4.58. The summed E-state index contributed by atoms with van der Waals surface area (Å²) >= 11 is 5.93. The average Bonchev–Trinajstić information content (AvgIpc) is 3.17. The fourth-order valence-electron chi connectivity index (χ4n) is 2.79. The topological polar surface area (TPSA) is 93.8 Å². The van der Waals surface area contributed by atoms with Crippen LogP contribution in [-0.2, 0) is 6.42 Å². The normalized spacial score (nSPS) is 11.3. The average molecular weight is 445 g/mol. The van der Waals surface area contributed by atoms with Gasteiger partial charge in [0.2, 0.25) is 11.7 Å². The Morgan fingerprint density at radius 2 is 1.90 bits per heavy atom. The fraction of sp³-hybridized carbons (Fsp3) is 0.304. The summed E-state index contributed by atoms with van der Waals surface area (Å²) in [5, 5.41) is 13.3. The molecular formula is C23H25ClN2O5. The molecule has 2 N–H and O–H groups in total. The second-order valence-corrected chi connectivity index (χ2v) is 8.01. The SMILES string of the molecule is CCc1nc(-c2ccc(Cl)cc2)oc1C(=O)Nc1ccc(OCC(C)(C)O)c(OC)c1. The zero-order valence-corrected chi connectivity index (χ0v) is 18.6. The van der Waals surface area contributed by atoms with Gasteiger partial charge in [-0.15, -0.1) is 0 Å². The lowest BCUT2D eigenvalue weighted by molar-refractivity contribution is 0.0276. The van der Waals surface area contributed by atoms with Crippen LogP contribution in [0.3, 0.4) is 0 Å². The van der Waals surface area contributed by atoms with Crippen LogP contribution in [0.2, 0.25) is 5.02 Å². The molecule has 2 aromatic carbocycles. The van der Waals surface area contributed by atoms with Gasteiger partial charge in [0.15, 0.2) is 11.5 Å². The summed E-state index contributed by atoms with van der Waals surface area (Å²) in [5.41, 5.74) is 0.805. The number of aryl methyl sites for hydroxylation is 1. The lowest BCUT2D eigenvalue weighted by Gasteiger charge is -2.19. The Hall–Kier alpha value is -3.03. The Morgan fingerprint density at radius 3 is 2.52 bits per heavy atom. The molecule has 1 amide bonds. The Morgan fingerprint density at radius 1 is 1.19 bits per heavy atom. The van der Waals surface area contributed by atoms with Crippen molar-refractivity contribution in [3.63, 3.8) is 0 Å². The molecule has 0 radical (unpaired) electrons. The van der Waals surface area contributed by atoms with Gasteiger partial charge in [-0.05, 0) is 56.7 Å². The van der Waals surface area contributed by atoms with Crippen LogP contribution >= 0.6 is 11.6 Å². The summed E-state index contributed by atoms with van der Waals surface area (Å²) in [7, 11) is 1.50. The van der Waals surface area contributed by atoms with Crippen molar-refractivity contribution in [3.05, 3.63) is 58.9 Å². The molecule has 0 bridgehead atoms. The van der Waals surface area contributed by atoms with Gasteiger partial charge in [-0.25, -0.2) is 4.98 Å². The van der Waals surface area contributed by atoms with E-state index in [4.69, 9.17) is 25.5 Å². The second kappa shape index (κ2) is 9.41. The number of aliphatic hydroxyl groups is 1. The van der Waals surface area contributed by atoms with Crippen molar-refractivity contribution in [2.75, 3.05) is 19.0 Å². The number of anilines is 1. The maximum Gasteiger partial charge on any atom is 0.293 e. The highest BCUT2D eigenvalue weighted by Gasteiger charge is 2.21. The molecule has 0 saturated heterocycles. The van der Waals surface area contributed by atoms with E-state index in [9.17, 15) is 9.90 Å². The first-order chi connectivity index (χ1) is 14.7. The van der Waals surface area contributed by atoms with Gasteiger partial charge in [-0.2, -0.15) is 0 Å². The quantitative estimate of drug-likeness (QED) is 0.509. The van der Waals surface area contributed by atoms with E-state index in [-0.39, 0.29) is 12.4 Å². The first kappa shape index (κ1) is 22.7. The van der Waals surface area contributed by atoms with Crippen molar-refractivity contribution in [2.45, 2.75) is 32.8 Å². The molecular weight excluding hydrogens is 420 g/mol. The van der Waals surface area contributed by atoms with E-state index in [0.29, 0.717) is 40.2 Å². The molecule has 0 spiro atoms. The van der Waals surface area contributed by atoms with Crippen LogP contribution in [0.15, 0.2) is 46.9 Å². The zero-order valence-electron chi connectivity index (χ0n) is 17.9. The number of hydrogen-bond donors (Lipinski definition) is 2. The highest BCUT2D eigenvalue weighted by Crippen LogP contribution is 2.31. The van der Waals surface area contributed by atoms with Gasteiger partial charge >= 0.3 is 0 Å². The van der Waals surface area contributed by atoms with E-state index in [2.05, 4.69) is 10.3 Å². The lowest BCUT2D eigenvalue weighted by Crippen LogP contribution is -2.28. The molecule has 0 saturated carbocycles. The molecule has 0 aliphatic rings. The molecule has 3 aromatic rings. The van der Waals surface area contributed by atoms with E-state index in [1.165, 1.54) is 7.11 Å². The molecule has 7 nitrogen and oxygen atoms in total. The summed E-state index contributed by atoms with van der Waals surface area (Å²) < 4.78 is 16.7. The van der Waals surface area contributed by atoms with Crippen molar-refractivity contribution in [3.8, 4) is 23.0 Å². The molecule has 164 valence electrons. The molecule has 8 heteroatoms. The molecule has 0 aliphatic heterocycles. The number of amides is 1. The minimum absolute atomic E-state index is 0.0977. The van der Waals surface area contributed by atoms with Gasteiger partial charge < -0.3 is 24.3 Å². The number of oxazole rings is 1. The predicted octanol–water partition coefficient (Wildman–Crippen LogP) is 4.97. The Bertz CT molecular complexity index is 1050. The molecule has 31 heavy (non-hydrogen) atoms. The largest absolute Gasteiger partial charge is 0.493 e. The van der Waals surface area contributed by atoms with Gasteiger partial charge in [0.05, 0.1) is 18.4 Å². The zero-order chi connectivity index (χ0) is 22.6. The van der Waals surface area contributed by atoms with E-state index < -0.39 is 11.5 Å². The summed E-state index contributed by atoms with van der Waals surface area (Å²) in [6.45, 7) is 5.29. The van der Waals surface area contributed by atoms with Crippen molar-refractivity contribution >= 4 is 23.2 Å². The fourth-order valence-corrected chi connectivity index (χ4v) is 2.92. The van der Waals surface area contributed by atoms with Crippen molar-refractivity contribution in [1.82, 2.24) is 4.98 Å². The second-order valence-electron chi connectivity index (χ2n) is 7.58. The highest BCUT2D eigenvalue weighted by molar-refractivity contribution is 6.30. The van der Waals surface area contributed by atoms with Crippen LogP contribution in [0.1, 0.15) is 37.0 Å². The maximum atomic E-state index is 12.9. The van der Waals surface area contributed by atoms with Crippen LogP contribution in [-0.4, -0.2) is 35.3 Å². The number of carbonyl (C=O) groups is 1. The van der Waals surface area contributed by atoms with Gasteiger partial charge in [0.1, 0.15) is 6.61 Å². The number of aromatic nitrogens is 1. The highest BCUT2D eigenvalue weighted by atomic mass is 35.5. The van der Waals surface area contributed by atoms with Crippen molar-refractivity contribution in [1.29, 1.82) is 0 Å². The lowest BCUT2D eigenvalue weighted by atomic mass is 10.2. The van der Waals surface area contributed by atoms with Gasteiger partial charge in [-0.3, -0.25) is 4.79 Å². The summed E-state index contributed by atoms with van der Waals surface area (Å²) in [4.78, 5) is 17.3. The van der Waals surface area contributed by atoms with Crippen molar-refractivity contribution in [2.24, 2.45) is 0 Å². The molecule has 3 rings (SSSR count). The van der Waals surface area contributed by atoms with Crippen LogP contribution in [0.25, 0.3) is 11.5 Å². The maximum absolute atomic E-state index is 12.9. The Balaban J connectivity index is 1.80. The molecule has 0 fully saturated rings. The monoisotopic (exact) mass is 444 g/mol. The summed E-state index contributed by atoms with van der Waals surface area (Å²) in [6.07, 6.45) is 0.535. The third kappa shape index (κ3) is 5.77. The van der Waals surface area contributed by atoms with E-state index in [1.807, 2.05) is 6.92 Å². The number of hydrogen-bond acceptors (Lipinski definition) is 6. The third-order valence-electron chi connectivity index (χ3n) is 4.33. The predicted molar refractivity (Wildman–Crippen MR) is 119 cm³/mol. The number of rotatable bonds is 8.